The second kappa shape index (κ2) is 9.32. The van der Waals surface area contributed by atoms with E-state index in [1.165, 1.54) is 11.8 Å². The highest BCUT2D eigenvalue weighted by molar-refractivity contribution is 8.19. The number of amides is 2. The Balaban J connectivity index is 1.73. The first-order chi connectivity index (χ1) is 15.1. The summed E-state index contributed by atoms with van der Waals surface area (Å²) in [5.74, 6) is -0.279. The van der Waals surface area contributed by atoms with Gasteiger partial charge in [-0.05, 0) is 48.2 Å². The minimum atomic E-state index is -0.568. The summed E-state index contributed by atoms with van der Waals surface area (Å²) in [5, 5.41) is 0.559. The summed E-state index contributed by atoms with van der Waals surface area (Å²) in [5.41, 5.74) is 7.35. The Hall–Kier alpha value is -3.84. The van der Waals surface area contributed by atoms with Gasteiger partial charge < -0.3 is 10.5 Å². The number of rotatable bonds is 6. The molecule has 0 unspecified atom stereocenters. The second-order valence-electron chi connectivity index (χ2n) is 6.61. The van der Waals surface area contributed by atoms with E-state index in [1.807, 2.05) is 72.8 Å². The number of hydrogen-bond donors (Lipinski definition) is 1. The van der Waals surface area contributed by atoms with Crippen molar-refractivity contribution in [1.29, 1.82) is 0 Å². The molecule has 3 aromatic rings. The number of carbonyl (C=O) groups excluding carboxylic acids is 2. The molecule has 6 nitrogen and oxygen atoms in total. The maximum absolute atomic E-state index is 13.3. The molecule has 0 saturated carbocycles. The van der Waals surface area contributed by atoms with E-state index in [1.54, 1.807) is 23.1 Å². The van der Waals surface area contributed by atoms with E-state index in [4.69, 9.17) is 15.5 Å². The number of primary amides is 1. The van der Waals surface area contributed by atoms with E-state index in [0.29, 0.717) is 21.4 Å². The Morgan fingerprint density at radius 1 is 0.968 bits per heavy atom. The number of carbonyl (C=O) groups is 2. The topological polar surface area (TPSA) is 85.0 Å². The lowest BCUT2D eigenvalue weighted by Crippen LogP contribution is -2.28. The van der Waals surface area contributed by atoms with Gasteiger partial charge in [-0.25, -0.2) is 4.99 Å². The highest BCUT2D eigenvalue weighted by Gasteiger charge is 2.34. The van der Waals surface area contributed by atoms with Crippen molar-refractivity contribution < 1.29 is 14.3 Å². The van der Waals surface area contributed by atoms with Crippen LogP contribution in [-0.2, 0) is 9.59 Å². The summed E-state index contributed by atoms with van der Waals surface area (Å²) in [6, 6.07) is 26.0. The van der Waals surface area contributed by atoms with Crippen LogP contribution in [0.3, 0.4) is 0 Å². The summed E-state index contributed by atoms with van der Waals surface area (Å²) < 4.78 is 5.49. The minimum Gasteiger partial charge on any atom is -0.483 e. The van der Waals surface area contributed by atoms with Gasteiger partial charge in [0.1, 0.15) is 5.75 Å². The van der Waals surface area contributed by atoms with Crippen LogP contribution in [0.2, 0.25) is 0 Å². The first kappa shape index (κ1) is 20.4. The van der Waals surface area contributed by atoms with Crippen molar-refractivity contribution in [2.45, 2.75) is 0 Å². The molecule has 1 fully saturated rings. The molecule has 2 amide bonds. The van der Waals surface area contributed by atoms with Gasteiger partial charge in [0.2, 0.25) is 0 Å². The van der Waals surface area contributed by atoms with Gasteiger partial charge in [-0.2, -0.15) is 0 Å². The molecular formula is C24H19N3O3S. The quantitative estimate of drug-likeness (QED) is 0.590. The Bertz CT molecular complexity index is 1160. The average molecular weight is 430 g/mol. The van der Waals surface area contributed by atoms with Crippen molar-refractivity contribution in [1.82, 2.24) is 0 Å². The maximum atomic E-state index is 13.3. The van der Waals surface area contributed by atoms with Gasteiger partial charge >= 0.3 is 0 Å². The van der Waals surface area contributed by atoms with Gasteiger partial charge in [0, 0.05) is 5.56 Å². The molecule has 4 rings (SSSR count). The standard InChI is InChI=1S/C24H19N3O3S/c25-22(28)16-30-20-14-8-7-9-17(20)15-21-23(29)27(19-12-5-2-6-13-19)24(31-21)26-18-10-3-1-4-11-18/h1-15H,16H2,(H2,25,28)/b21-15-,26-24?. The van der Waals surface area contributed by atoms with E-state index in [9.17, 15) is 9.59 Å². The molecule has 0 atom stereocenters. The van der Waals surface area contributed by atoms with Crippen molar-refractivity contribution in [2.75, 3.05) is 11.5 Å². The molecule has 1 aliphatic heterocycles. The molecule has 31 heavy (non-hydrogen) atoms. The zero-order valence-corrected chi connectivity index (χ0v) is 17.3. The SMILES string of the molecule is NC(=O)COc1ccccc1/C=C1\SC(=Nc2ccccc2)N(c2ccccc2)C1=O. The van der Waals surface area contributed by atoms with Gasteiger partial charge in [-0.15, -0.1) is 0 Å². The summed E-state index contributed by atoms with van der Waals surface area (Å²) in [7, 11) is 0. The predicted molar refractivity (Wildman–Crippen MR) is 124 cm³/mol. The average Bonchev–Trinajstić information content (AvgIpc) is 3.09. The summed E-state index contributed by atoms with van der Waals surface area (Å²) in [6.07, 6.45) is 1.74. The Morgan fingerprint density at radius 3 is 2.32 bits per heavy atom. The molecule has 0 bridgehead atoms. The first-order valence-electron chi connectivity index (χ1n) is 9.55. The van der Waals surface area contributed by atoms with Crippen molar-refractivity contribution in [3.8, 4) is 5.75 Å². The molecule has 0 spiro atoms. The predicted octanol–water partition coefficient (Wildman–Crippen LogP) is 4.36. The molecule has 2 N–H and O–H groups in total. The third-order valence-corrected chi connectivity index (χ3v) is 5.35. The fraction of sp³-hybridized carbons (Fsp3) is 0.0417. The van der Waals surface area contributed by atoms with Crippen molar-refractivity contribution in [3.05, 3.63) is 95.4 Å². The number of para-hydroxylation sites is 3. The van der Waals surface area contributed by atoms with Crippen molar-refractivity contribution in [3.63, 3.8) is 0 Å². The number of nitrogens with two attached hydrogens (primary N) is 1. The van der Waals surface area contributed by atoms with Gasteiger partial charge in [-0.3, -0.25) is 14.5 Å². The fourth-order valence-electron chi connectivity index (χ4n) is 2.99. The van der Waals surface area contributed by atoms with Crippen LogP contribution >= 0.6 is 11.8 Å². The number of hydrogen-bond acceptors (Lipinski definition) is 5. The molecule has 0 aromatic heterocycles. The van der Waals surface area contributed by atoms with Crippen LogP contribution in [0.4, 0.5) is 11.4 Å². The third-order valence-electron chi connectivity index (χ3n) is 4.38. The molecule has 3 aromatic carbocycles. The summed E-state index contributed by atoms with van der Waals surface area (Å²) >= 11 is 1.28. The number of amidine groups is 1. The van der Waals surface area contributed by atoms with Gasteiger partial charge in [-0.1, -0.05) is 54.6 Å². The maximum Gasteiger partial charge on any atom is 0.271 e. The normalized spacial score (nSPS) is 16.1. The highest BCUT2D eigenvalue weighted by atomic mass is 32.2. The van der Waals surface area contributed by atoms with Crippen LogP contribution in [0.5, 0.6) is 5.75 Å². The fourth-order valence-corrected chi connectivity index (χ4v) is 3.98. The lowest BCUT2D eigenvalue weighted by atomic mass is 10.2. The third kappa shape index (κ3) is 4.84. The smallest absolute Gasteiger partial charge is 0.271 e. The monoisotopic (exact) mass is 429 g/mol. The van der Waals surface area contributed by atoms with Crippen LogP contribution in [-0.4, -0.2) is 23.6 Å². The van der Waals surface area contributed by atoms with Gasteiger partial charge in [0.05, 0.1) is 16.3 Å². The van der Waals surface area contributed by atoms with Crippen molar-refractivity contribution >= 4 is 46.2 Å². The van der Waals surface area contributed by atoms with Gasteiger partial charge in [0.25, 0.3) is 11.8 Å². The molecule has 1 saturated heterocycles. The molecular weight excluding hydrogens is 410 g/mol. The number of anilines is 1. The van der Waals surface area contributed by atoms with E-state index < -0.39 is 5.91 Å². The van der Waals surface area contributed by atoms with Crippen LogP contribution < -0.4 is 15.4 Å². The first-order valence-corrected chi connectivity index (χ1v) is 10.4. The molecule has 0 radical (unpaired) electrons. The lowest BCUT2D eigenvalue weighted by molar-refractivity contribution is -0.120. The molecule has 0 aliphatic carbocycles. The van der Waals surface area contributed by atoms with Crippen LogP contribution in [0, 0.1) is 0 Å². The summed E-state index contributed by atoms with van der Waals surface area (Å²) in [6.45, 7) is -0.238. The number of benzene rings is 3. The zero-order valence-electron chi connectivity index (χ0n) is 16.5. The zero-order chi connectivity index (χ0) is 21.6. The second-order valence-corrected chi connectivity index (χ2v) is 7.62. The van der Waals surface area contributed by atoms with Crippen molar-refractivity contribution in [2.24, 2.45) is 10.7 Å². The summed E-state index contributed by atoms with van der Waals surface area (Å²) in [4.78, 5) is 31.2. The number of ether oxygens (including phenoxy) is 1. The number of nitrogens with zero attached hydrogens (tertiary/aromatic N) is 2. The van der Waals surface area contributed by atoms with Crippen LogP contribution in [0.15, 0.2) is 94.8 Å². The Morgan fingerprint density at radius 2 is 1.61 bits per heavy atom. The number of thioether (sulfide) groups is 1. The van der Waals surface area contributed by atoms with E-state index >= 15 is 0 Å². The molecule has 1 heterocycles. The molecule has 7 heteroatoms. The number of aliphatic imine (C=N–C) groups is 1. The van der Waals surface area contributed by atoms with Gasteiger partial charge in [0.15, 0.2) is 11.8 Å². The van der Waals surface area contributed by atoms with E-state index in [2.05, 4.69) is 0 Å². The molecule has 1 aliphatic rings. The van der Waals surface area contributed by atoms with E-state index in [-0.39, 0.29) is 12.5 Å². The largest absolute Gasteiger partial charge is 0.483 e. The molecule has 154 valence electrons. The lowest BCUT2D eigenvalue weighted by Gasteiger charge is -2.15. The van der Waals surface area contributed by atoms with Crippen LogP contribution in [0.25, 0.3) is 6.08 Å². The Labute approximate surface area is 184 Å². The minimum absolute atomic E-state index is 0.185. The highest BCUT2D eigenvalue weighted by Crippen LogP contribution is 2.38. The Kier molecular flexibility index (Phi) is 6.14. The van der Waals surface area contributed by atoms with E-state index in [0.717, 1.165) is 11.4 Å². The van der Waals surface area contributed by atoms with Crippen LogP contribution in [0.1, 0.15) is 5.56 Å².